The van der Waals surface area contributed by atoms with Crippen LogP contribution in [0.1, 0.15) is 38.8 Å². The molecule has 1 aromatic carbocycles. The molecule has 2 heteroatoms. The van der Waals surface area contributed by atoms with Gasteiger partial charge < -0.3 is 5.32 Å². The van der Waals surface area contributed by atoms with Crippen molar-refractivity contribution in [2.75, 3.05) is 6.54 Å². The van der Waals surface area contributed by atoms with Gasteiger partial charge in [0.15, 0.2) is 0 Å². The molecule has 0 fully saturated rings. The molecule has 0 amide bonds. The molecule has 0 heterocycles. The minimum Gasteiger partial charge on any atom is -0.307 e. The average molecular weight is 221 g/mol. The molecule has 1 atom stereocenters. The van der Waals surface area contributed by atoms with Crippen molar-refractivity contribution in [2.45, 2.75) is 33.2 Å². The summed E-state index contributed by atoms with van der Waals surface area (Å²) >= 11 is 0. The van der Waals surface area contributed by atoms with E-state index in [0.717, 1.165) is 18.5 Å². The first kappa shape index (κ1) is 12.9. The lowest BCUT2D eigenvalue weighted by atomic mass is 10.0. The molecule has 0 aliphatic heterocycles. The Morgan fingerprint density at radius 3 is 2.62 bits per heavy atom. The van der Waals surface area contributed by atoms with E-state index in [1.54, 1.807) is 6.07 Å². The molecule has 0 spiro atoms. The van der Waals surface area contributed by atoms with Crippen molar-refractivity contribution in [3.05, 3.63) is 47.3 Å². The van der Waals surface area contributed by atoms with Crippen molar-refractivity contribution in [2.24, 2.45) is 0 Å². The Kier molecular flexibility index (Phi) is 5.20. The molecule has 1 rings (SSSR count). The molecule has 88 valence electrons. The minimum absolute atomic E-state index is 0.0221. The van der Waals surface area contributed by atoms with Crippen LogP contribution in [0.3, 0.4) is 0 Å². The van der Waals surface area contributed by atoms with E-state index < -0.39 is 0 Å². The van der Waals surface area contributed by atoms with Crippen LogP contribution in [0.5, 0.6) is 0 Å². The number of halogens is 1. The SMILES string of the molecule is CCCNC(C=C(C)C)c1ccccc1F. The topological polar surface area (TPSA) is 12.0 Å². The normalized spacial score (nSPS) is 12.2. The largest absolute Gasteiger partial charge is 0.307 e. The fourth-order valence-corrected chi connectivity index (χ4v) is 1.62. The quantitative estimate of drug-likeness (QED) is 0.745. The van der Waals surface area contributed by atoms with Crippen LogP contribution in [-0.2, 0) is 0 Å². The lowest BCUT2D eigenvalue weighted by Crippen LogP contribution is -2.21. The van der Waals surface area contributed by atoms with Crippen LogP contribution in [0.25, 0.3) is 0 Å². The molecule has 0 aliphatic carbocycles. The van der Waals surface area contributed by atoms with E-state index in [1.807, 2.05) is 26.0 Å². The van der Waals surface area contributed by atoms with Crippen molar-refractivity contribution in [1.82, 2.24) is 5.32 Å². The van der Waals surface area contributed by atoms with E-state index in [9.17, 15) is 4.39 Å². The van der Waals surface area contributed by atoms with Gasteiger partial charge in [-0.05, 0) is 32.9 Å². The molecule has 1 aromatic rings. The molecule has 0 saturated carbocycles. The second-order valence-electron chi connectivity index (χ2n) is 4.20. The Balaban J connectivity index is 2.92. The summed E-state index contributed by atoms with van der Waals surface area (Å²) in [6.07, 6.45) is 3.11. The maximum Gasteiger partial charge on any atom is 0.128 e. The van der Waals surface area contributed by atoms with E-state index in [-0.39, 0.29) is 11.9 Å². The van der Waals surface area contributed by atoms with Gasteiger partial charge in [-0.1, -0.05) is 36.8 Å². The summed E-state index contributed by atoms with van der Waals surface area (Å²) in [4.78, 5) is 0. The lowest BCUT2D eigenvalue weighted by molar-refractivity contribution is 0.554. The van der Waals surface area contributed by atoms with Crippen LogP contribution >= 0.6 is 0 Å². The summed E-state index contributed by atoms with van der Waals surface area (Å²) < 4.78 is 13.6. The average Bonchev–Trinajstić information content (AvgIpc) is 2.24. The molecule has 1 nitrogen and oxygen atoms in total. The fraction of sp³-hybridized carbons (Fsp3) is 0.429. The number of hydrogen-bond donors (Lipinski definition) is 1. The van der Waals surface area contributed by atoms with Crippen molar-refractivity contribution in [1.29, 1.82) is 0 Å². The van der Waals surface area contributed by atoms with Crippen molar-refractivity contribution in [3.63, 3.8) is 0 Å². The van der Waals surface area contributed by atoms with Crippen LogP contribution in [0, 0.1) is 5.82 Å². The highest BCUT2D eigenvalue weighted by molar-refractivity contribution is 5.25. The third kappa shape index (κ3) is 3.78. The summed E-state index contributed by atoms with van der Waals surface area (Å²) in [5.74, 6) is -0.145. The Hall–Kier alpha value is -1.15. The van der Waals surface area contributed by atoms with E-state index in [0.29, 0.717) is 0 Å². The van der Waals surface area contributed by atoms with Gasteiger partial charge in [0, 0.05) is 5.56 Å². The Bertz CT molecular complexity index is 354. The number of nitrogens with one attached hydrogen (secondary N) is 1. The van der Waals surface area contributed by atoms with Gasteiger partial charge in [-0.25, -0.2) is 4.39 Å². The maximum absolute atomic E-state index is 13.6. The highest BCUT2D eigenvalue weighted by Gasteiger charge is 2.11. The summed E-state index contributed by atoms with van der Waals surface area (Å²) in [5.41, 5.74) is 1.91. The first-order valence-electron chi connectivity index (χ1n) is 5.78. The molecular formula is C14H20FN. The third-order valence-electron chi connectivity index (χ3n) is 2.35. The second kappa shape index (κ2) is 6.44. The molecule has 0 radical (unpaired) electrons. The summed E-state index contributed by atoms with van der Waals surface area (Å²) in [6.45, 7) is 7.06. The van der Waals surface area contributed by atoms with Gasteiger partial charge in [0.25, 0.3) is 0 Å². The molecule has 0 aliphatic rings. The molecule has 0 bridgehead atoms. The fourth-order valence-electron chi connectivity index (χ4n) is 1.62. The van der Waals surface area contributed by atoms with Gasteiger partial charge in [0.2, 0.25) is 0 Å². The van der Waals surface area contributed by atoms with Gasteiger partial charge in [0.05, 0.1) is 6.04 Å². The summed E-state index contributed by atoms with van der Waals surface area (Å²) in [7, 11) is 0. The number of rotatable bonds is 5. The predicted molar refractivity (Wildman–Crippen MR) is 66.9 cm³/mol. The zero-order valence-corrected chi connectivity index (χ0v) is 10.3. The van der Waals surface area contributed by atoms with Crippen LogP contribution in [0.4, 0.5) is 4.39 Å². The predicted octanol–water partition coefficient (Wildman–Crippen LogP) is 3.83. The summed E-state index contributed by atoms with van der Waals surface area (Å²) in [5, 5.41) is 3.34. The van der Waals surface area contributed by atoms with E-state index in [4.69, 9.17) is 0 Å². The maximum atomic E-state index is 13.6. The molecule has 16 heavy (non-hydrogen) atoms. The molecule has 0 aromatic heterocycles. The second-order valence-corrected chi connectivity index (χ2v) is 4.20. The van der Waals surface area contributed by atoms with Crippen LogP contribution in [0.2, 0.25) is 0 Å². The van der Waals surface area contributed by atoms with Crippen molar-refractivity contribution < 1.29 is 4.39 Å². The van der Waals surface area contributed by atoms with Gasteiger partial charge in [-0.15, -0.1) is 0 Å². The molecule has 1 N–H and O–H groups in total. The van der Waals surface area contributed by atoms with E-state index >= 15 is 0 Å². The van der Waals surface area contributed by atoms with Crippen LogP contribution in [-0.4, -0.2) is 6.54 Å². The summed E-state index contributed by atoms with van der Waals surface area (Å²) in [6, 6.07) is 6.92. The number of benzene rings is 1. The van der Waals surface area contributed by atoms with Gasteiger partial charge in [-0.3, -0.25) is 0 Å². The van der Waals surface area contributed by atoms with E-state index in [2.05, 4.69) is 18.3 Å². The third-order valence-corrected chi connectivity index (χ3v) is 2.35. The standard InChI is InChI=1S/C14H20FN/c1-4-9-16-14(10-11(2)3)12-7-5-6-8-13(12)15/h5-8,10,14,16H,4,9H2,1-3H3. The Morgan fingerprint density at radius 2 is 2.06 bits per heavy atom. The zero-order chi connectivity index (χ0) is 12.0. The number of hydrogen-bond acceptors (Lipinski definition) is 1. The highest BCUT2D eigenvalue weighted by Crippen LogP contribution is 2.19. The first-order valence-corrected chi connectivity index (χ1v) is 5.78. The van der Waals surface area contributed by atoms with Crippen molar-refractivity contribution >= 4 is 0 Å². The lowest BCUT2D eigenvalue weighted by Gasteiger charge is -2.16. The monoisotopic (exact) mass is 221 g/mol. The number of allylic oxidation sites excluding steroid dienone is 1. The van der Waals surface area contributed by atoms with Gasteiger partial charge >= 0.3 is 0 Å². The Morgan fingerprint density at radius 1 is 1.38 bits per heavy atom. The smallest absolute Gasteiger partial charge is 0.128 e. The van der Waals surface area contributed by atoms with Crippen LogP contribution < -0.4 is 5.32 Å². The minimum atomic E-state index is -0.145. The Labute approximate surface area is 97.4 Å². The molecular weight excluding hydrogens is 201 g/mol. The van der Waals surface area contributed by atoms with Crippen LogP contribution in [0.15, 0.2) is 35.9 Å². The zero-order valence-electron chi connectivity index (χ0n) is 10.3. The van der Waals surface area contributed by atoms with Gasteiger partial charge in [0.1, 0.15) is 5.82 Å². The van der Waals surface area contributed by atoms with Crippen molar-refractivity contribution in [3.8, 4) is 0 Å². The van der Waals surface area contributed by atoms with E-state index in [1.165, 1.54) is 11.6 Å². The highest BCUT2D eigenvalue weighted by atomic mass is 19.1. The first-order chi connectivity index (χ1) is 7.65. The molecule has 1 unspecified atom stereocenters. The van der Waals surface area contributed by atoms with Gasteiger partial charge in [-0.2, -0.15) is 0 Å². The molecule has 0 saturated heterocycles.